The molecule has 0 aliphatic heterocycles. The lowest BCUT2D eigenvalue weighted by Crippen LogP contribution is -1.79. The molecule has 0 nitrogen and oxygen atoms in total. The van der Waals surface area contributed by atoms with Gasteiger partial charge in [0.1, 0.15) is 0 Å². The summed E-state index contributed by atoms with van der Waals surface area (Å²) in [6.45, 7) is 4.40. The Hall–Kier alpha value is -1.08. The molecule has 0 amide bonds. The van der Waals surface area contributed by atoms with Crippen LogP contribution in [0.25, 0.3) is 12.2 Å². The molecule has 0 saturated carbocycles. The Balaban J connectivity index is 2.41. The van der Waals surface area contributed by atoms with Crippen LogP contribution in [0.4, 0.5) is 0 Å². The van der Waals surface area contributed by atoms with E-state index >= 15 is 0 Å². The zero-order chi connectivity index (χ0) is 10.7. The Bertz CT molecular complexity index is 430. The Morgan fingerprint density at radius 1 is 1.40 bits per heavy atom. The maximum Gasteiger partial charge on any atom is 0.0305 e. The van der Waals surface area contributed by atoms with Crippen LogP contribution in [-0.2, 0) is 6.42 Å². The van der Waals surface area contributed by atoms with Crippen LogP contribution in [0.5, 0.6) is 0 Å². The Kier molecular flexibility index (Phi) is 3.22. The molecule has 1 aliphatic carbocycles. The topological polar surface area (TPSA) is 0 Å². The van der Waals surface area contributed by atoms with E-state index in [1.54, 1.807) is 0 Å². The second-order valence-corrected chi connectivity index (χ2v) is 4.87. The van der Waals surface area contributed by atoms with E-state index in [0.717, 1.165) is 12.8 Å². The molecule has 1 heteroatoms. The third kappa shape index (κ3) is 2.13. The quantitative estimate of drug-likeness (QED) is 0.677. The first-order valence-corrected chi connectivity index (χ1v) is 6.26. The van der Waals surface area contributed by atoms with Gasteiger partial charge in [0.15, 0.2) is 0 Å². The molecule has 0 saturated heterocycles. The summed E-state index contributed by atoms with van der Waals surface area (Å²) in [5, 5.41) is 0. The molecular weight excluding hydrogens is 200 g/mol. The maximum atomic E-state index is 2.26. The number of allylic oxidation sites excluding steroid dienone is 4. The molecular formula is C14H16S. The third-order valence-electron chi connectivity index (χ3n) is 2.63. The highest BCUT2D eigenvalue weighted by atomic mass is 32.1. The normalized spacial score (nSPS) is 14.5. The molecule has 1 heterocycles. The molecule has 1 aliphatic rings. The zero-order valence-corrected chi connectivity index (χ0v) is 10.1. The van der Waals surface area contributed by atoms with Crippen molar-refractivity contribution in [3.8, 4) is 0 Å². The molecule has 0 bridgehead atoms. The first kappa shape index (κ1) is 10.4. The molecule has 0 atom stereocenters. The maximum absolute atomic E-state index is 2.26. The van der Waals surface area contributed by atoms with Crippen molar-refractivity contribution in [3.05, 3.63) is 45.2 Å². The van der Waals surface area contributed by atoms with Crippen LogP contribution in [0.3, 0.4) is 0 Å². The molecule has 78 valence electrons. The molecule has 0 fully saturated rings. The Morgan fingerprint density at radius 2 is 2.27 bits per heavy atom. The fraction of sp³-hybridized carbons (Fsp3) is 0.286. The molecule has 0 spiro atoms. The fourth-order valence-electron chi connectivity index (χ4n) is 1.77. The molecule has 1 aromatic heterocycles. The minimum atomic E-state index is 1.08. The van der Waals surface area contributed by atoms with E-state index in [0.29, 0.717) is 0 Å². The van der Waals surface area contributed by atoms with E-state index < -0.39 is 0 Å². The highest BCUT2D eigenvalue weighted by Gasteiger charge is 2.10. The van der Waals surface area contributed by atoms with E-state index in [2.05, 4.69) is 50.3 Å². The van der Waals surface area contributed by atoms with E-state index in [1.807, 2.05) is 11.3 Å². The third-order valence-corrected chi connectivity index (χ3v) is 3.92. The summed E-state index contributed by atoms with van der Waals surface area (Å²) in [6.07, 6.45) is 15.4. The van der Waals surface area contributed by atoms with Gasteiger partial charge in [-0.25, -0.2) is 0 Å². The average molecular weight is 216 g/mol. The van der Waals surface area contributed by atoms with Gasteiger partial charge in [0.2, 0.25) is 0 Å². The van der Waals surface area contributed by atoms with Crippen LogP contribution in [-0.4, -0.2) is 0 Å². The summed E-state index contributed by atoms with van der Waals surface area (Å²) in [5.41, 5.74) is 2.86. The van der Waals surface area contributed by atoms with Crippen molar-refractivity contribution in [2.75, 3.05) is 0 Å². The average Bonchev–Trinajstić information content (AvgIpc) is 2.44. The van der Waals surface area contributed by atoms with Gasteiger partial charge < -0.3 is 0 Å². The highest BCUT2D eigenvalue weighted by Crippen LogP contribution is 2.32. The summed E-state index contributed by atoms with van der Waals surface area (Å²) in [7, 11) is 0. The lowest BCUT2D eigenvalue weighted by Gasteiger charge is -1.94. The van der Waals surface area contributed by atoms with Gasteiger partial charge in [-0.15, -0.1) is 11.3 Å². The van der Waals surface area contributed by atoms with Gasteiger partial charge in [0.05, 0.1) is 0 Å². The Morgan fingerprint density at radius 3 is 3.07 bits per heavy atom. The standard InChI is InChI=1S/C14H16S/c1-3-4-9-13-11(2)12-8-6-5-7-10-14(12)15-13/h4-9H,3,10H2,1-2H3. The van der Waals surface area contributed by atoms with Gasteiger partial charge in [0.25, 0.3) is 0 Å². The van der Waals surface area contributed by atoms with Crippen molar-refractivity contribution in [3.63, 3.8) is 0 Å². The van der Waals surface area contributed by atoms with E-state index in [1.165, 1.54) is 20.9 Å². The smallest absolute Gasteiger partial charge is 0.0305 e. The minimum absolute atomic E-state index is 1.08. The molecule has 1 aromatic rings. The van der Waals surface area contributed by atoms with Crippen LogP contribution in [0.15, 0.2) is 24.3 Å². The summed E-state index contributed by atoms with van der Waals surface area (Å²) in [6, 6.07) is 0. The summed E-state index contributed by atoms with van der Waals surface area (Å²) in [5.74, 6) is 0. The van der Waals surface area contributed by atoms with Crippen LogP contribution < -0.4 is 0 Å². The molecule has 2 rings (SSSR count). The van der Waals surface area contributed by atoms with Crippen LogP contribution in [0.1, 0.15) is 34.2 Å². The van der Waals surface area contributed by atoms with Crippen molar-refractivity contribution in [1.29, 1.82) is 0 Å². The van der Waals surface area contributed by atoms with Crippen LogP contribution >= 0.6 is 11.3 Å². The number of thiophene rings is 1. The van der Waals surface area contributed by atoms with E-state index in [-0.39, 0.29) is 0 Å². The largest absolute Gasteiger partial charge is 0.140 e. The van der Waals surface area contributed by atoms with E-state index in [4.69, 9.17) is 0 Å². The summed E-state index contributed by atoms with van der Waals surface area (Å²) >= 11 is 1.93. The van der Waals surface area contributed by atoms with Crippen LogP contribution in [0.2, 0.25) is 0 Å². The number of rotatable bonds is 2. The van der Waals surface area contributed by atoms with E-state index in [9.17, 15) is 0 Å². The monoisotopic (exact) mass is 216 g/mol. The Labute approximate surface area is 95.6 Å². The zero-order valence-electron chi connectivity index (χ0n) is 9.29. The van der Waals surface area contributed by atoms with Gasteiger partial charge >= 0.3 is 0 Å². The fourth-order valence-corrected chi connectivity index (χ4v) is 2.97. The van der Waals surface area contributed by atoms with Crippen molar-refractivity contribution in [1.82, 2.24) is 0 Å². The van der Waals surface area contributed by atoms with Crippen molar-refractivity contribution < 1.29 is 0 Å². The van der Waals surface area contributed by atoms with Crippen molar-refractivity contribution >= 4 is 23.5 Å². The SMILES string of the molecule is CCC=Cc1sc2c(c1C)C=CC=CC2. The molecule has 0 aromatic carbocycles. The highest BCUT2D eigenvalue weighted by molar-refractivity contribution is 7.13. The van der Waals surface area contributed by atoms with Gasteiger partial charge in [-0.3, -0.25) is 0 Å². The van der Waals surface area contributed by atoms with Gasteiger partial charge in [0, 0.05) is 16.2 Å². The second kappa shape index (κ2) is 4.63. The summed E-state index contributed by atoms with van der Waals surface area (Å²) < 4.78 is 0. The lowest BCUT2D eigenvalue weighted by atomic mass is 10.1. The van der Waals surface area contributed by atoms with Gasteiger partial charge in [-0.1, -0.05) is 37.3 Å². The first-order chi connectivity index (χ1) is 7.33. The first-order valence-electron chi connectivity index (χ1n) is 5.45. The number of hydrogen-bond acceptors (Lipinski definition) is 1. The second-order valence-electron chi connectivity index (χ2n) is 3.73. The van der Waals surface area contributed by atoms with Gasteiger partial charge in [-0.05, 0) is 30.5 Å². The van der Waals surface area contributed by atoms with Crippen LogP contribution in [0, 0.1) is 6.92 Å². The minimum Gasteiger partial charge on any atom is -0.140 e. The summed E-state index contributed by atoms with van der Waals surface area (Å²) in [4.78, 5) is 2.91. The lowest BCUT2D eigenvalue weighted by molar-refractivity contribution is 1.23. The number of hydrogen-bond donors (Lipinski definition) is 0. The van der Waals surface area contributed by atoms with Crippen molar-refractivity contribution in [2.45, 2.75) is 26.7 Å². The van der Waals surface area contributed by atoms with Gasteiger partial charge in [-0.2, -0.15) is 0 Å². The van der Waals surface area contributed by atoms with Crippen molar-refractivity contribution in [2.24, 2.45) is 0 Å². The predicted octanol–water partition coefficient (Wildman–Crippen LogP) is 4.61. The molecule has 15 heavy (non-hydrogen) atoms. The molecule has 0 unspecified atom stereocenters. The number of fused-ring (bicyclic) bond motifs is 1. The molecule has 0 N–H and O–H groups in total. The molecule has 0 radical (unpaired) electrons. The predicted molar refractivity (Wildman–Crippen MR) is 70.3 cm³/mol.